The first-order chi connectivity index (χ1) is 10.3. The summed E-state index contributed by atoms with van der Waals surface area (Å²) >= 11 is 5.87. The van der Waals surface area contributed by atoms with Crippen LogP contribution in [0.15, 0.2) is 30.5 Å². The van der Waals surface area contributed by atoms with Crippen LogP contribution < -0.4 is 10.2 Å². The van der Waals surface area contributed by atoms with Crippen LogP contribution in [0.2, 0.25) is 5.02 Å². The standard InChI is InChI=1S/C15H18ClN5/c16-13-5-3-12(4-6-13)7-8-17-15-19-14(11-18-20-15)21-9-1-2-10-21/h3-6,11H,1-2,7-10H2,(H,17,19,20). The van der Waals surface area contributed by atoms with Crippen LogP contribution in [0, 0.1) is 0 Å². The van der Waals surface area contributed by atoms with Crippen molar-refractivity contribution in [2.75, 3.05) is 29.9 Å². The Kier molecular flexibility index (Phi) is 4.50. The first-order valence-electron chi connectivity index (χ1n) is 7.24. The van der Waals surface area contributed by atoms with Gasteiger partial charge in [0.05, 0.1) is 6.20 Å². The molecule has 0 unspecified atom stereocenters. The van der Waals surface area contributed by atoms with Gasteiger partial charge in [0.1, 0.15) is 0 Å². The molecule has 21 heavy (non-hydrogen) atoms. The van der Waals surface area contributed by atoms with Crippen molar-refractivity contribution < 1.29 is 0 Å². The van der Waals surface area contributed by atoms with E-state index in [1.165, 1.54) is 18.4 Å². The maximum absolute atomic E-state index is 5.87. The van der Waals surface area contributed by atoms with Gasteiger partial charge in [-0.3, -0.25) is 0 Å². The molecule has 2 aromatic rings. The molecule has 2 heterocycles. The van der Waals surface area contributed by atoms with Crippen molar-refractivity contribution in [1.82, 2.24) is 15.2 Å². The van der Waals surface area contributed by atoms with Crippen molar-refractivity contribution in [3.63, 3.8) is 0 Å². The molecule has 0 radical (unpaired) electrons. The lowest BCUT2D eigenvalue weighted by Crippen LogP contribution is -2.20. The molecule has 5 nitrogen and oxygen atoms in total. The molecule has 0 atom stereocenters. The zero-order valence-electron chi connectivity index (χ0n) is 11.8. The minimum atomic E-state index is 0.591. The normalized spacial score (nSPS) is 14.4. The Bertz CT molecular complexity index is 581. The molecule has 1 aromatic carbocycles. The summed E-state index contributed by atoms with van der Waals surface area (Å²) in [6.07, 6.45) is 5.08. The third-order valence-corrected chi connectivity index (χ3v) is 3.84. The second-order valence-corrected chi connectivity index (χ2v) is 5.57. The summed E-state index contributed by atoms with van der Waals surface area (Å²) in [6.45, 7) is 2.89. The van der Waals surface area contributed by atoms with Gasteiger partial charge in [-0.2, -0.15) is 10.1 Å². The Balaban J connectivity index is 1.55. The molecule has 0 bridgehead atoms. The van der Waals surface area contributed by atoms with Gasteiger partial charge >= 0.3 is 0 Å². The molecule has 110 valence electrons. The van der Waals surface area contributed by atoms with Gasteiger partial charge in [0.2, 0.25) is 5.95 Å². The summed E-state index contributed by atoms with van der Waals surface area (Å²) in [5, 5.41) is 12.1. The van der Waals surface area contributed by atoms with E-state index < -0.39 is 0 Å². The largest absolute Gasteiger partial charge is 0.355 e. The van der Waals surface area contributed by atoms with Crippen LogP contribution in [0.1, 0.15) is 18.4 Å². The minimum Gasteiger partial charge on any atom is -0.355 e. The lowest BCUT2D eigenvalue weighted by atomic mass is 10.1. The molecule has 1 N–H and O–H groups in total. The highest BCUT2D eigenvalue weighted by molar-refractivity contribution is 6.30. The number of halogens is 1. The van der Waals surface area contributed by atoms with Crippen LogP contribution in [-0.2, 0) is 6.42 Å². The quantitative estimate of drug-likeness (QED) is 0.920. The molecule has 1 aliphatic heterocycles. The van der Waals surface area contributed by atoms with Crippen LogP contribution in [0.3, 0.4) is 0 Å². The Labute approximate surface area is 129 Å². The highest BCUT2D eigenvalue weighted by atomic mass is 35.5. The van der Waals surface area contributed by atoms with Crippen molar-refractivity contribution in [3.8, 4) is 0 Å². The molecule has 0 aliphatic carbocycles. The van der Waals surface area contributed by atoms with Crippen molar-refractivity contribution >= 4 is 23.4 Å². The summed E-state index contributed by atoms with van der Waals surface area (Å²) in [5.41, 5.74) is 1.23. The van der Waals surface area contributed by atoms with E-state index in [9.17, 15) is 0 Å². The summed E-state index contributed by atoms with van der Waals surface area (Å²) in [5.74, 6) is 1.50. The summed E-state index contributed by atoms with van der Waals surface area (Å²) < 4.78 is 0. The predicted molar refractivity (Wildman–Crippen MR) is 84.9 cm³/mol. The van der Waals surface area contributed by atoms with E-state index in [0.717, 1.165) is 36.9 Å². The lowest BCUT2D eigenvalue weighted by molar-refractivity contribution is 0.874. The number of anilines is 2. The Morgan fingerprint density at radius 1 is 1.14 bits per heavy atom. The van der Waals surface area contributed by atoms with Gasteiger partial charge in [0, 0.05) is 24.7 Å². The highest BCUT2D eigenvalue weighted by Gasteiger charge is 2.14. The minimum absolute atomic E-state index is 0.591. The molecule has 6 heteroatoms. The molecule has 0 spiro atoms. The third-order valence-electron chi connectivity index (χ3n) is 3.59. The molecule has 0 saturated carbocycles. The topological polar surface area (TPSA) is 53.9 Å². The molecular formula is C15H18ClN5. The molecule has 1 aromatic heterocycles. The van der Waals surface area contributed by atoms with E-state index in [1.54, 1.807) is 6.20 Å². The van der Waals surface area contributed by atoms with Crippen LogP contribution in [-0.4, -0.2) is 34.8 Å². The van der Waals surface area contributed by atoms with E-state index in [0.29, 0.717) is 5.95 Å². The SMILES string of the molecule is Clc1ccc(CCNc2nncc(N3CCCC3)n2)cc1. The molecule has 1 fully saturated rings. The zero-order chi connectivity index (χ0) is 14.5. The van der Waals surface area contributed by atoms with Crippen molar-refractivity contribution in [2.24, 2.45) is 0 Å². The number of aromatic nitrogens is 3. The summed E-state index contributed by atoms with van der Waals surface area (Å²) in [6, 6.07) is 7.87. The summed E-state index contributed by atoms with van der Waals surface area (Å²) in [4.78, 5) is 6.77. The number of hydrogen-bond donors (Lipinski definition) is 1. The fourth-order valence-corrected chi connectivity index (χ4v) is 2.56. The summed E-state index contributed by atoms with van der Waals surface area (Å²) in [7, 11) is 0. The number of hydrogen-bond acceptors (Lipinski definition) is 5. The van der Waals surface area contributed by atoms with E-state index in [2.05, 4.69) is 25.4 Å². The molecule has 1 saturated heterocycles. The van der Waals surface area contributed by atoms with Crippen molar-refractivity contribution in [3.05, 3.63) is 41.0 Å². The molecule has 1 aliphatic rings. The molecular weight excluding hydrogens is 286 g/mol. The molecule has 0 amide bonds. The molecule has 3 rings (SSSR count). The van der Waals surface area contributed by atoms with Crippen molar-refractivity contribution in [1.29, 1.82) is 0 Å². The maximum Gasteiger partial charge on any atom is 0.244 e. The monoisotopic (exact) mass is 303 g/mol. The fourth-order valence-electron chi connectivity index (χ4n) is 2.44. The van der Waals surface area contributed by atoms with Gasteiger partial charge in [-0.25, -0.2) is 0 Å². The Hall–Kier alpha value is -1.88. The van der Waals surface area contributed by atoms with Gasteiger partial charge in [-0.15, -0.1) is 5.10 Å². The van der Waals surface area contributed by atoms with E-state index in [1.807, 2.05) is 24.3 Å². The Morgan fingerprint density at radius 3 is 2.67 bits per heavy atom. The van der Waals surface area contributed by atoms with Crippen molar-refractivity contribution in [2.45, 2.75) is 19.3 Å². The average Bonchev–Trinajstić information content (AvgIpc) is 3.04. The van der Waals surface area contributed by atoms with Crippen LogP contribution >= 0.6 is 11.6 Å². The van der Waals surface area contributed by atoms with Crippen LogP contribution in [0.4, 0.5) is 11.8 Å². The average molecular weight is 304 g/mol. The fraction of sp³-hybridized carbons (Fsp3) is 0.400. The Morgan fingerprint density at radius 2 is 1.90 bits per heavy atom. The lowest BCUT2D eigenvalue weighted by Gasteiger charge is -2.15. The first kappa shape index (κ1) is 14.1. The van der Waals surface area contributed by atoms with Gasteiger partial charge in [-0.1, -0.05) is 23.7 Å². The predicted octanol–water partition coefficient (Wildman–Crippen LogP) is 2.78. The van der Waals surface area contributed by atoms with Crippen LogP contribution in [0.25, 0.3) is 0 Å². The zero-order valence-corrected chi connectivity index (χ0v) is 12.6. The number of nitrogens with one attached hydrogen (secondary N) is 1. The smallest absolute Gasteiger partial charge is 0.244 e. The van der Waals surface area contributed by atoms with Crippen LogP contribution in [0.5, 0.6) is 0 Å². The second-order valence-electron chi connectivity index (χ2n) is 5.14. The first-order valence-corrected chi connectivity index (χ1v) is 7.62. The number of nitrogens with zero attached hydrogens (tertiary/aromatic N) is 4. The second kappa shape index (κ2) is 6.72. The number of rotatable bonds is 5. The van der Waals surface area contributed by atoms with Gasteiger partial charge in [-0.05, 0) is 37.0 Å². The highest BCUT2D eigenvalue weighted by Crippen LogP contribution is 2.17. The van der Waals surface area contributed by atoms with Gasteiger partial charge in [0.15, 0.2) is 5.82 Å². The van der Waals surface area contributed by atoms with Gasteiger partial charge < -0.3 is 10.2 Å². The maximum atomic E-state index is 5.87. The van der Waals surface area contributed by atoms with E-state index in [-0.39, 0.29) is 0 Å². The van der Waals surface area contributed by atoms with E-state index in [4.69, 9.17) is 11.6 Å². The number of benzene rings is 1. The third kappa shape index (κ3) is 3.82. The van der Waals surface area contributed by atoms with Gasteiger partial charge in [0.25, 0.3) is 0 Å². The van der Waals surface area contributed by atoms with E-state index >= 15 is 0 Å².